The van der Waals surface area contributed by atoms with Crippen molar-refractivity contribution in [3.05, 3.63) is 64.0 Å². The van der Waals surface area contributed by atoms with Crippen LogP contribution in [0.5, 0.6) is 11.5 Å². The second-order valence-corrected chi connectivity index (χ2v) is 6.69. The molecule has 0 saturated heterocycles. The number of esters is 1. The molecule has 33 heavy (non-hydrogen) atoms. The fourth-order valence-corrected chi connectivity index (χ4v) is 2.76. The van der Waals surface area contributed by atoms with Crippen LogP contribution in [-0.4, -0.2) is 47.2 Å². The van der Waals surface area contributed by atoms with Crippen LogP contribution in [0.3, 0.4) is 0 Å². The van der Waals surface area contributed by atoms with Crippen molar-refractivity contribution in [1.29, 1.82) is 0 Å². The zero-order chi connectivity index (χ0) is 24.0. The Labute approximate surface area is 187 Å². The highest BCUT2D eigenvalue weighted by Gasteiger charge is 2.21. The molecule has 0 radical (unpaired) electrons. The third kappa shape index (κ3) is 5.61. The van der Waals surface area contributed by atoms with Gasteiger partial charge in [0.25, 0.3) is 17.5 Å². The van der Waals surface area contributed by atoms with Gasteiger partial charge in [-0.15, -0.1) is 0 Å². The maximum absolute atomic E-state index is 12.3. The van der Waals surface area contributed by atoms with Crippen LogP contribution in [0.1, 0.15) is 23.2 Å². The van der Waals surface area contributed by atoms with Gasteiger partial charge in [0.1, 0.15) is 17.5 Å². The topological polar surface area (TPSA) is 156 Å². The van der Waals surface area contributed by atoms with Crippen molar-refractivity contribution >= 4 is 17.6 Å². The molecule has 0 fully saturated rings. The van der Waals surface area contributed by atoms with Crippen molar-refractivity contribution in [2.45, 2.75) is 19.6 Å². The van der Waals surface area contributed by atoms with Gasteiger partial charge in [-0.05, 0) is 25.1 Å². The van der Waals surface area contributed by atoms with Gasteiger partial charge in [-0.3, -0.25) is 14.9 Å². The van der Waals surface area contributed by atoms with E-state index in [1.54, 1.807) is 18.2 Å². The van der Waals surface area contributed by atoms with Gasteiger partial charge >= 0.3 is 5.97 Å². The minimum absolute atomic E-state index is 0.0356. The fraction of sp³-hybridized carbons (Fsp3) is 0.238. The fourth-order valence-electron chi connectivity index (χ4n) is 2.76. The number of carbonyl (C=O) groups excluding carboxylic acids is 2. The monoisotopic (exact) mass is 456 g/mol. The number of ether oxygens (including phenoxy) is 3. The number of non-ortho nitro benzene ring substituents is 1. The van der Waals surface area contributed by atoms with E-state index in [9.17, 15) is 19.7 Å². The summed E-state index contributed by atoms with van der Waals surface area (Å²) in [6.45, 7) is 1.10. The molecule has 3 rings (SSSR count). The molecule has 1 amide bonds. The van der Waals surface area contributed by atoms with Crippen LogP contribution in [0, 0.1) is 10.1 Å². The molecule has 12 heteroatoms. The number of rotatable bonds is 9. The van der Waals surface area contributed by atoms with Gasteiger partial charge in [-0.2, -0.15) is 4.98 Å². The van der Waals surface area contributed by atoms with E-state index in [1.165, 1.54) is 39.3 Å². The maximum Gasteiger partial charge on any atom is 0.328 e. The molecule has 1 heterocycles. The Hall–Kier alpha value is -4.48. The summed E-state index contributed by atoms with van der Waals surface area (Å²) in [4.78, 5) is 38.9. The molecule has 0 aliphatic rings. The normalized spacial score (nSPS) is 11.4. The standard InChI is InChI=1S/C21H20N4O8/c1-12(22-20(26)13-5-4-6-14(9-13)25(28)29)21(27)32-11-18-23-19(24-33-18)16-8-7-15(30-2)10-17(16)31-3/h4-10,12H,11H2,1-3H3,(H,22,26). The Kier molecular flexibility index (Phi) is 7.18. The first-order chi connectivity index (χ1) is 15.8. The highest BCUT2D eigenvalue weighted by Crippen LogP contribution is 2.31. The number of carbonyl (C=O) groups is 2. The van der Waals surface area contributed by atoms with Crippen molar-refractivity contribution in [3.63, 3.8) is 0 Å². The largest absolute Gasteiger partial charge is 0.497 e. The molecule has 2 aromatic carbocycles. The molecule has 1 unspecified atom stereocenters. The van der Waals surface area contributed by atoms with Gasteiger partial charge in [0.2, 0.25) is 5.82 Å². The highest BCUT2D eigenvalue weighted by atomic mass is 16.6. The predicted octanol–water partition coefficient (Wildman–Crippen LogP) is 2.52. The van der Waals surface area contributed by atoms with Crippen molar-refractivity contribution in [1.82, 2.24) is 15.5 Å². The summed E-state index contributed by atoms with van der Waals surface area (Å²) in [6.07, 6.45) is 0. The van der Waals surface area contributed by atoms with Crippen LogP contribution < -0.4 is 14.8 Å². The van der Waals surface area contributed by atoms with E-state index in [1.807, 2.05) is 0 Å². The molecule has 1 atom stereocenters. The third-order valence-corrected chi connectivity index (χ3v) is 4.48. The molecular weight excluding hydrogens is 436 g/mol. The molecule has 3 aromatic rings. The van der Waals surface area contributed by atoms with Gasteiger partial charge in [0, 0.05) is 23.8 Å². The number of hydrogen-bond acceptors (Lipinski definition) is 10. The zero-order valence-electron chi connectivity index (χ0n) is 17.9. The lowest BCUT2D eigenvalue weighted by Gasteiger charge is -2.12. The van der Waals surface area contributed by atoms with Crippen molar-refractivity contribution in [2.24, 2.45) is 0 Å². The Morgan fingerprint density at radius 3 is 2.67 bits per heavy atom. The van der Waals surface area contributed by atoms with Crippen LogP contribution in [0.2, 0.25) is 0 Å². The maximum atomic E-state index is 12.3. The van der Waals surface area contributed by atoms with Crippen molar-refractivity contribution < 1.29 is 33.2 Å². The molecule has 1 aromatic heterocycles. The van der Waals surface area contributed by atoms with Gasteiger partial charge < -0.3 is 24.1 Å². The molecule has 0 aliphatic heterocycles. The average molecular weight is 456 g/mol. The second kappa shape index (κ2) is 10.2. The summed E-state index contributed by atoms with van der Waals surface area (Å²) in [5.74, 6) is -0.0861. The smallest absolute Gasteiger partial charge is 0.328 e. The lowest BCUT2D eigenvalue weighted by molar-refractivity contribution is -0.384. The molecule has 172 valence electrons. The third-order valence-electron chi connectivity index (χ3n) is 4.48. The Morgan fingerprint density at radius 2 is 1.97 bits per heavy atom. The summed E-state index contributed by atoms with van der Waals surface area (Å²) in [5, 5.41) is 17.1. The van der Waals surface area contributed by atoms with E-state index >= 15 is 0 Å². The van der Waals surface area contributed by atoms with E-state index in [4.69, 9.17) is 18.7 Å². The number of nitro benzene ring substituents is 1. The predicted molar refractivity (Wildman–Crippen MR) is 113 cm³/mol. The number of methoxy groups -OCH3 is 2. The number of nitrogens with one attached hydrogen (secondary N) is 1. The number of benzene rings is 2. The number of amides is 1. The lowest BCUT2D eigenvalue weighted by atomic mass is 10.2. The van der Waals surface area contributed by atoms with Crippen LogP contribution >= 0.6 is 0 Å². The molecular formula is C21H20N4O8. The van der Waals surface area contributed by atoms with E-state index in [0.717, 1.165) is 6.07 Å². The van der Waals surface area contributed by atoms with E-state index in [2.05, 4.69) is 15.5 Å². The van der Waals surface area contributed by atoms with E-state index in [0.29, 0.717) is 17.1 Å². The molecule has 0 spiro atoms. The minimum Gasteiger partial charge on any atom is -0.497 e. The Bertz CT molecular complexity index is 1180. The van der Waals surface area contributed by atoms with Gasteiger partial charge in [-0.1, -0.05) is 11.2 Å². The van der Waals surface area contributed by atoms with E-state index < -0.39 is 22.8 Å². The number of nitro groups is 1. The van der Waals surface area contributed by atoms with Crippen LogP contribution in [-0.2, 0) is 16.1 Å². The summed E-state index contributed by atoms with van der Waals surface area (Å²) in [7, 11) is 3.02. The van der Waals surface area contributed by atoms with Gasteiger partial charge in [0.15, 0.2) is 6.61 Å². The SMILES string of the molecule is COc1ccc(-c2noc(COC(=O)C(C)NC(=O)c3cccc([N+](=O)[O-])c3)n2)c(OC)c1. The number of aromatic nitrogens is 2. The first-order valence-corrected chi connectivity index (χ1v) is 9.59. The van der Waals surface area contributed by atoms with Gasteiger partial charge in [-0.25, -0.2) is 4.79 Å². The Balaban J connectivity index is 1.59. The minimum atomic E-state index is -1.03. The molecule has 1 N–H and O–H groups in total. The average Bonchev–Trinajstić information content (AvgIpc) is 3.30. The summed E-state index contributed by atoms with van der Waals surface area (Å²) in [5.41, 5.74) is 0.356. The van der Waals surface area contributed by atoms with E-state index in [-0.39, 0.29) is 29.6 Å². The Morgan fingerprint density at radius 1 is 1.18 bits per heavy atom. The molecule has 0 bridgehead atoms. The summed E-state index contributed by atoms with van der Waals surface area (Å²) >= 11 is 0. The van der Waals surface area contributed by atoms with Crippen molar-refractivity contribution in [2.75, 3.05) is 14.2 Å². The summed E-state index contributed by atoms with van der Waals surface area (Å²) < 4.78 is 20.7. The van der Waals surface area contributed by atoms with Gasteiger partial charge in [0.05, 0.1) is 24.7 Å². The van der Waals surface area contributed by atoms with Crippen LogP contribution in [0.25, 0.3) is 11.4 Å². The van der Waals surface area contributed by atoms with Crippen LogP contribution in [0.4, 0.5) is 5.69 Å². The molecule has 0 aliphatic carbocycles. The number of hydrogen-bond donors (Lipinski definition) is 1. The molecule has 0 saturated carbocycles. The second-order valence-electron chi connectivity index (χ2n) is 6.69. The zero-order valence-corrected chi connectivity index (χ0v) is 17.9. The number of nitrogens with zero attached hydrogens (tertiary/aromatic N) is 3. The molecule has 12 nitrogen and oxygen atoms in total. The summed E-state index contributed by atoms with van der Waals surface area (Å²) in [6, 6.07) is 9.19. The quantitative estimate of drug-likeness (QED) is 0.288. The first-order valence-electron chi connectivity index (χ1n) is 9.59. The lowest BCUT2D eigenvalue weighted by Crippen LogP contribution is -2.39. The first kappa shape index (κ1) is 23.2. The highest BCUT2D eigenvalue weighted by molar-refractivity contribution is 5.97. The van der Waals surface area contributed by atoms with Crippen LogP contribution in [0.15, 0.2) is 47.0 Å². The van der Waals surface area contributed by atoms with Crippen molar-refractivity contribution in [3.8, 4) is 22.9 Å².